The molecule has 1 aliphatic rings. The van der Waals surface area contributed by atoms with Gasteiger partial charge in [0.05, 0.1) is 31.1 Å². The molecule has 0 bridgehead atoms. The highest BCUT2D eigenvalue weighted by Crippen LogP contribution is 2.29. The molecular weight excluding hydrogens is 424 g/mol. The summed E-state index contributed by atoms with van der Waals surface area (Å²) >= 11 is 0. The number of hydrogen-bond donors (Lipinski definition) is 1. The zero-order chi connectivity index (χ0) is 23.2. The van der Waals surface area contributed by atoms with Gasteiger partial charge in [-0.1, -0.05) is 38.2 Å². The maximum absolute atomic E-state index is 13.5. The van der Waals surface area contributed by atoms with Gasteiger partial charge >= 0.3 is 0 Å². The molecule has 0 saturated heterocycles. The standard InChI is InChI=1S/C26H27F2N3O2/c1-33-20-10-8-19(9-11-20)24-16-29-26(23(30-24)14-17-5-3-2-4-6-17)31-25(32)15-18-7-12-21(27)22(28)13-18/h7-13,16-17H,2-6,14-15H2,1H3,(H,29,31,32). The molecule has 3 aromatic rings. The first-order valence-electron chi connectivity index (χ1n) is 11.3. The number of carbonyl (C=O) groups excluding carboxylic acids is 1. The van der Waals surface area contributed by atoms with Gasteiger partial charge < -0.3 is 10.1 Å². The predicted octanol–water partition coefficient (Wildman–Crippen LogP) is 5.73. The van der Waals surface area contributed by atoms with Crippen LogP contribution in [0.3, 0.4) is 0 Å². The van der Waals surface area contributed by atoms with Crippen LogP contribution in [-0.4, -0.2) is 23.0 Å². The third-order valence-electron chi connectivity index (χ3n) is 6.04. The summed E-state index contributed by atoms with van der Waals surface area (Å²) in [6.07, 6.45) is 8.22. The van der Waals surface area contributed by atoms with Crippen molar-refractivity contribution in [3.05, 3.63) is 71.6 Å². The van der Waals surface area contributed by atoms with Crippen LogP contribution in [0.4, 0.5) is 14.6 Å². The van der Waals surface area contributed by atoms with Crippen LogP contribution in [-0.2, 0) is 17.6 Å². The van der Waals surface area contributed by atoms with E-state index in [1.165, 1.54) is 25.3 Å². The number of aromatic nitrogens is 2. The van der Waals surface area contributed by atoms with Gasteiger partial charge in [0.2, 0.25) is 5.91 Å². The van der Waals surface area contributed by atoms with E-state index in [1.54, 1.807) is 13.3 Å². The molecular formula is C26H27F2N3O2. The lowest BCUT2D eigenvalue weighted by molar-refractivity contribution is -0.115. The van der Waals surface area contributed by atoms with Gasteiger partial charge in [-0.3, -0.25) is 4.79 Å². The Kier molecular flexibility index (Phi) is 7.27. The Labute approximate surface area is 192 Å². The number of ether oxygens (including phenoxy) is 1. The molecule has 33 heavy (non-hydrogen) atoms. The largest absolute Gasteiger partial charge is 0.497 e. The summed E-state index contributed by atoms with van der Waals surface area (Å²) in [6.45, 7) is 0. The molecule has 1 heterocycles. The van der Waals surface area contributed by atoms with E-state index in [1.807, 2.05) is 24.3 Å². The van der Waals surface area contributed by atoms with Crippen molar-refractivity contribution in [2.45, 2.75) is 44.9 Å². The summed E-state index contributed by atoms with van der Waals surface area (Å²) in [5, 5.41) is 2.83. The number of halogens is 2. The van der Waals surface area contributed by atoms with Crippen LogP contribution in [0.1, 0.15) is 43.4 Å². The van der Waals surface area contributed by atoms with Gasteiger partial charge in [-0.15, -0.1) is 0 Å². The molecule has 1 aromatic heterocycles. The third-order valence-corrected chi connectivity index (χ3v) is 6.04. The minimum atomic E-state index is -0.970. The van der Waals surface area contributed by atoms with Crippen molar-refractivity contribution in [2.24, 2.45) is 5.92 Å². The van der Waals surface area contributed by atoms with Crippen LogP contribution < -0.4 is 10.1 Å². The predicted molar refractivity (Wildman–Crippen MR) is 123 cm³/mol. The number of nitrogens with one attached hydrogen (secondary N) is 1. The number of hydrogen-bond acceptors (Lipinski definition) is 4. The first-order chi connectivity index (χ1) is 16.0. The molecule has 1 fully saturated rings. The van der Waals surface area contributed by atoms with Crippen LogP contribution in [0.25, 0.3) is 11.3 Å². The summed E-state index contributed by atoms with van der Waals surface area (Å²) in [5.74, 6) is -0.574. The van der Waals surface area contributed by atoms with Crippen molar-refractivity contribution in [2.75, 3.05) is 12.4 Å². The van der Waals surface area contributed by atoms with Crippen molar-refractivity contribution in [1.82, 2.24) is 9.97 Å². The number of carbonyl (C=O) groups is 1. The highest BCUT2D eigenvalue weighted by molar-refractivity contribution is 5.92. The van der Waals surface area contributed by atoms with Crippen LogP contribution in [0, 0.1) is 17.6 Å². The van der Waals surface area contributed by atoms with E-state index in [4.69, 9.17) is 9.72 Å². The molecule has 5 nitrogen and oxygen atoms in total. The third kappa shape index (κ3) is 5.92. The fourth-order valence-corrected chi connectivity index (χ4v) is 4.25. The molecule has 0 spiro atoms. The van der Waals surface area contributed by atoms with E-state index in [-0.39, 0.29) is 12.3 Å². The van der Waals surface area contributed by atoms with Crippen LogP contribution in [0.2, 0.25) is 0 Å². The van der Waals surface area contributed by atoms with Gasteiger partial charge in [0.1, 0.15) is 5.75 Å². The first-order valence-corrected chi connectivity index (χ1v) is 11.3. The lowest BCUT2D eigenvalue weighted by Crippen LogP contribution is -2.19. The molecule has 7 heteroatoms. The Morgan fingerprint density at radius 1 is 1.06 bits per heavy atom. The SMILES string of the molecule is COc1ccc(-c2cnc(NC(=O)Cc3ccc(F)c(F)c3)c(CC3CCCCC3)n2)cc1. The van der Waals surface area contributed by atoms with E-state index in [0.717, 1.165) is 54.1 Å². The fraction of sp³-hybridized carbons (Fsp3) is 0.346. The summed E-state index contributed by atoms with van der Waals surface area (Å²) < 4.78 is 31.9. The van der Waals surface area contributed by atoms with E-state index < -0.39 is 11.6 Å². The van der Waals surface area contributed by atoms with E-state index in [2.05, 4.69) is 10.3 Å². The molecule has 4 rings (SSSR count). The molecule has 1 saturated carbocycles. The van der Waals surface area contributed by atoms with Gasteiger partial charge in [0, 0.05) is 5.56 Å². The number of rotatable bonds is 7. The molecule has 1 aliphatic carbocycles. The Balaban J connectivity index is 1.56. The second-order valence-electron chi connectivity index (χ2n) is 8.46. The molecule has 2 aromatic carbocycles. The Morgan fingerprint density at radius 3 is 2.52 bits per heavy atom. The lowest BCUT2D eigenvalue weighted by atomic mass is 9.86. The first kappa shape index (κ1) is 22.8. The molecule has 1 N–H and O–H groups in total. The van der Waals surface area contributed by atoms with Gasteiger partial charge in [0.25, 0.3) is 0 Å². The second kappa shape index (κ2) is 10.5. The highest BCUT2D eigenvalue weighted by atomic mass is 19.2. The molecule has 1 amide bonds. The number of methoxy groups -OCH3 is 1. The summed E-state index contributed by atoms with van der Waals surface area (Å²) in [6, 6.07) is 11.1. The summed E-state index contributed by atoms with van der Waals surface area (Å²) in [5.41, 5.74) is 2.77. The van der Waals surface area contributed by atoms with Gasteiger partial charge in [-0.05, 0) is 54.3 Å². The number of amides is 1. The zero-order valence-corrected chi connectivity index (χ0v) is 18.6. The van der Waals surface area contributed by atoms with Crippen molar-refractivity contribution >= 4 is 11.7 Å². The number of benzene rings is 2. The number of nitrogens with zero attached hydrogens (tertiary/aromatic N) is 2. The molecule has 0 unspecified atom stereocenters. The van der Waals surface area contributed by atoms with Crippen LogP contribution in [0.15, 0.2) is 48.7 Å². The smallest absolute Gasteiger partial charge is 0.229 e. The van der Waals surface area contributed by atoms with E-state index in [9.17, 15) is 13.6 Å². The van der Waals surface area contributed by atoms with Crippen molar-refractivity contribution < 1.29 is 18.3 Å². The van der Waals surface area contributed by atoms with Gasteiger partial charge in [0.15, 0.2) is 17.5 Å². The molecule has 0 atom stereocenters. The van der Waals surface area contributed by atoms with Crippen molar-refractivity contribution in [3.8, 4) is 17.0 Å². The maximum Gasteiger partial charge on any atom is 0.229 e. The normalized spacial score (nSPS) is 14.2. The minimum absolute atomic E-state index is 0.0814. The molecule has 0 radical (unpaired) electrons. The maximum atomic E-state index is 13.5. The fourth-order valence-electron chi connectivity index (χ4n) is 4.25. The zero-order valence-electron chi connectivity index (χ0n) is 18.6. The Bertz CT molecular complexity index is 1110. The Hall–Kier alpha value is -3.35. The lowest BCUT2D eigenvalue weighted by Gasteiger charge is -2.22. The quantitative estimate of drug-likeness (QED) is 0.498. The average molecular weight is 452 g/mol. The van der Waals surface area contributed by atoms with Gasteiger partial charge in [-0.25, -0.2) is 18.7 Å². The van der Waals surface area contributed by atoms with Crippen molar-refractivity contribution in [3.63, 3.8) is 0 Å². The second-order valence-corrected chi connectivity index (χ2v) is 8.46. The van der Waals surface area contributed by atoms with Crippen LogP contribution >= 0.6 is 0 Å². The van der Waals surface area contributed by atoms with Crippen molar-refractivity contribution in [1.29, 1.82) is 0 Å². The summed E-state index contributed by atoms with van der Waals surface area (Å²) in [4.78, 5) is 22.0. The summed E-state index contributed by atoms with van der Waals surface area (Å²) in [7, 11) is 1.62. The number of anilines is 1. The highest BCUT2D eigenvalue weighted by Gasteiger charge is 2.19. The molecule has 172 valence electrons. The van der Waals surface area contributed by atoms with E-state index in [0.29, 0.717) is 17.3 Å². The monoisotopic (exact) mass is 451 g/mol. The topological polar surface area (TPSA) is 64.1 Å². The minimum Gasteiger partial charge on any atom is -0.497 e. The average Bonchev–Trinajstić information content (AvgIpc) is 2.83. The van der Waals surface area contributed by atoms with Gasteiger partial charge in [-0.2, -0.15) is 0 Å². The Morgan fingerprint density at radius 2 is 1.82 bits per heavy atom. The van der Waals surface area contributed by atoms with E-state index >= 15 is 0 Å². The van der Waals surface area contributed by atoms with Crippen LogP contribution in [0.5, 0.6) is 5.75 Å². The molecule has 0 aliphatic heterocycles.